The highest BCUT2D eigenvalue weighted by atomic mass is 16.1. The summed E-state index contributed by atoms with van der Waals surface area (Å²) in [6.07, 6.45) is 8.86. The molecule has 2 aromatic rings. The number of aromatic nitrogens is 2. The van der Waals surface area contributed by atoms with Crippen LogP contribution in [0, 0.1) is 0 Å². The van der Waals surface area contributed by atoms with E-state index in [0.29, 0.717) is 12.8 Å². The van der Waals surface area contributed by atoms with Crippen LogP contribution in [0.3, 0.4) is 0 Å². The number of nitrogens with one attached hydrogen (secondary N) is 1. The fourth-order valence-electron chi connectivity index (χ4n) is 2.62. The summed E-state index contributed by atoms with van der Waals surface area (Å²) in [7, 11) is 0. The summed E-state index contributed by atoms with van der Waals surface area (Å²) < 4.78 is 0. The standard InChI is InChI=1S/C17H20N4O/c22-17(8-5-14-4-3-9-18-12-14)20-15-6-7-16(19-13-15)21-10-1-2-11-21/h3-4,6-7,9,12-13H,1-2,5,8,10-11H2,(H,20,22). The van der Waals surface area contributed by atoms with Gasteiger partial charge in [-0.1, -0.05) is 6.07 Å². The maximum atomic E-state index is 12.0. The van der Waals surface area contributed by atoms with Crippen molar-refractivity contribution in [2.24, 2.45) is 0 Å². The van der Waals surface area contributed by atoms with Gasteiger partial charge in [0.15, 0.2) is 0 Å². The Morgan fingerprint density at radius 1 is 1.18 bits per heavy atom. The lowest BCUT2D eigenvalue weighted by Crippen LogP contribution is -2.19. The molecule has 5 heteroatoms. The molecule has 5 nitrogen and oxygen atoms in total. The van der Waals surface area contributed by atoms with Crippen molar-refractivity contribution in [1.82, 2.24) is 9.97 Å². The summed E-state index contributed by atoms with van der Waals surface area (Å²) in [5, 5.41) is 2.89. The number of amides is 1. The molecule has 2 aromatic heterocycles. The van der Waals surface area contributed by atoms with Gasteiger partial charge in [0.2, 0.25) is 5.91 Å². The first-order chi connectivity index (χ1) is 10.8. The molecule has 1 fully saturated rings. The highest BCUT2D eigenvalue weighted by Crippen LogP contribution is 2.19. The summed E-state index contributed by atoms with van der Waals surface area (Å²) in [5.74, 6) is 0.991. The molecule has 0 aromatic carbocycles. The van der Waals surface area contributed by atoms with Crippen LogP contribution in [0.4, 0.5) is 11.5 Å². The molecule has 1 saturated heterocycles. The molecule has 22 heavy (non-hydrogen) atoms. The Balaban J connectivity index is 1.50. The van der Waals surface area contributed by atoms with Gasteiger partial charge < -0.3 is 10.2 Å². The van der Waals surface area contributed by atoms with Gasteiger partial charge in [0.1, 0.15) is 5.82 Å². The molecule has 0 bridgehead atoms. The predicted molar refractivity (Wildman–Crippen MR) is 86.9 cm³/mol. The van der Waals surface area contributed by atoms with Crippen LogP contribution >= 0.6 is 0 Å². The van der Waals surface area contributed by atoms with Crippen LogP contribution < -0.4 is 10.2 Å². The lowest BCUT2D eigenvalue weighted by atomic mass is 10.1. The van der Waals surface area contributed by atoms with Gasteiger partial charge >= 0.3 is 0 Å². The second-order valence-electron chi connectivity index (χ2n) is 5.51. The number of hydrogen-bond donors (Lipinski definition) is 1. The molecule has 0 unspecified atom stereocenters. The van der Waals surface area contributed by atoms with E-state index >= 15 is 0 Å². The number of hydrogen-bond acceptors (Lipinski definition) is 4. The Morgan fingerprint density at radius 2 is 2.05 bits per heavy atom. The van der Waals surface area contributed by atoms with Gasteiger partial charge in [-0.2, -0.15) is 0 Å². The SMILES string of the molecule is O=C(CCc1cccnc1)Nc1ccc(N2CCCC2)nc1. The minimum Gasteiger partial charge on any atom is -0.357 e. The quantitative estimate of drug-likeness (QED) is 0.921. The van der Waals surface area contributed by atoms with Gasteiger partial charge in [-0.3, -0.25) is 9.78 Å². The molecule has 0 spiro atoms. The third-order valence-electron chi connectivity index (χ3n) is 3.83. The van der Waals surface area contributed by atoms with E-state index in [2.05, 4.69) is 20.2 Å². The van der Waals surface area contributed by atoms with Crippen LogP contribution in [0.15, 0.2) is 42.9 Å². The molecule has 0 radical (unpaired) electrons. The van der Waals surface area contributed by atoms with E-state index in [4.69, 9.17) is 0 Å². The zero-order chi connectivity index (χ0) is 15.2. The summed E-state index contributed by atoms with van der Waals surface area (Å²) in [5.41, 5.74) is 1.82. The molecule has 0 saturated carbocycles. The molecular formula is C17H20N4O. The first-order valence-corrected chi connectivity index (χ1v) is 7.71. The van der Waals surface area contributed by atoms with Gasteiger partial charge in [0.25, 0.3) is 0 Å². The van der Waals surface area contributed by atoms with Crippen LogP contribution in [-0.4, -0.2) is 29.0 Å². The molecule has 3 rings (SSSR count). The molecule has 0 aliphatic carbocycles. The third kappa shape index (κ3) is 3.81. The zero-order valence-electron chi connectivity index (χ0n) is 12.5. The number of nitrogens with zero attached hydrogens (tertiary/aromatic N) is 3. The lowest BCUT2D eigenvalue weighted by molar-refractivity contribution is -0.116. The fourth-order valence-corrected chi connectivity index (χ4v) is 2.62. The highest BCUT2D eigenvalue weighted by molar-refractivity contribution is 5.90. The van der Waals surface area contributed by atoms with Crippen molar-refractivity contribution >= 4 is 17.4 Å². The van der Waals surface area contributed by atoms with Crippen LogP contribution in [0.5, 0.6) is 0 Å². The summed E-state index contributed by atoms with van der Waals surface area (Å²) in [6.45, 7) is 2.15. The third-order valence-corrected chi connectivity index (χ3v) is 3.83. The van der Waals surface area contributed by atoms with Crippen molar-refractivity contribution in [3.05, 3.63) is 48.4 Å². The normalized spacial score (nSPS) is 14.1. The van der Waals surface area contributed by atoms with Gasteiger partial charge in [-0.15, -0.1) is 0 Å². The predicted octanol–water partition coefficient (Wildman–Crippen LogP) is 2.65. The largest absolute Gasteiger partial charge is 0.357 e. The van der Waals surface area contributed by atoms with Crippen LogP contribution in [-0.2, 0) is 11.2 Å². The van der Waals surface area contributed by atoms with E-state index in [1.807, 2.05) is 24.3 Å². The summed E-state index contributed by atoms with van der Waals surface area (Å²) in [6, 6.07) is 7.76. The molecular weight excluding hydrogens is 276 g/mol. The molecule has 1 amide bonds. The molecule has 0 atom stereocenters. The molecule has 1 N–H and O–H groups in total. The maximum Gasteiger partial charge on any atom is 0.224 e. The van der Waals surface area contributed by atoms with Crippen molar-refractivity contribution in [3.8, 4) is 0 Å². The molecule has 3 heterocycles. The zero-order valence-corrected chi connectivity index (χ0v) is 12.5. The Morgan fingerprint density at radius 3 is 2.73 bits per heavy atom. The van der Waals surface area contributed by atoms with Crippen molar-refractivity contribution < 1.29 is 4.79 Å². The average Bonchev–Trinajstić information content (AvgIpc) is 3.09. The summed E-state index contributed by atoms with van der Waals surface area (Å²) >= 11 is 0. The number of carbonyl (C=O) groups is 1. The van der Waals surface area contributed by atoms with E-state index < -0.39 is 0 Å². The number of anilines is 2. The van der Waals surface area contributed by atoms with Crippen molar-refractivity contribution in [1.29, 1.82) is 0 Å². The fraction of sp³-hybridized carbons (Fsp3) is 0.353. The van der Waals surface area contributed by atoms with E-state index in [1.54, 1.807) is 18.6 Å². The lowest BCUT2D eigenvalue weighted by Gasteiger charge is -2.16. The van der Waals surface area contributed by atoms with E-state index in [1.165, 1.54) is 12.8 Å². The Kier molecular flexibility index (Phi) is 4.63. The minimum absolute atomic E-state index is 0.000393. The second kappa shape index (κ2) is 7.02. The van der Waals surface area contributed by atoms with Gasteiger partial charge in [0, 0.05) is 31.9 Å². The van der Waals surface area contributed by atoms with Crippen molar-refractivity contribution in [3.63, 3.8) is 0 Å². The maximum absolute atomic E-state index is 12.0. The molecule has 1 aliphatic heterocycles. The number of rotatable bonds is 5. The molecule has 1 aliphatic rings. The first kappa shape index (κ1) is 14.5. The number of aryl methyl sites for hydroxylation is 1. The highest BCUT2D eigenvalue weighted by Gasteiger charge is 2.13. The smallest absolute Gasteiger partial charge is 0.224 e. The van der Waals surface area contributed by atoms with Crippen LogP contribution in [0.1, 0.15) is 24.8 Å². The Bertz CT molecular complexity index is 606. The second-order valence-corrected chi connectivity index (χ2v) is 5.51. The van der Waals surface area contributed by atoms with E-state index in [9.17, 15) is 4.79 Å². The van der Waals surface area contributed by atoms with Crippen LogP contribution in [0.25, 0.3) is 0 Å². The summed E-state index contributed by atoms with van der Waals surface area (Å²) in [4.78, 5) is 22.7. The van der Waals surface area contributed by atoms with E-state index in [-0.39, 0.29) is 5.91 Å². The van der Waals surface area contributed by atoms with Gasteiger partial charge in [0.05, 0.1) is 11.9 Å². The first-order valence-electron chi connectivity index (χ1n) is 7.71. The molecule has 114 valence electrons. The Labute approximate surface area is 130 Å². The average molecular weight is 296 g/mol. The topological polar surface area (TPSA) is 58.1 Å². The van der Waals surface area contributed by atoms with Gasteiger partial charge in [-0.25, -0.2) is 4.98 Å². The Hall–Kier alpha value is -2.43. The van der Waals surface area contributed by atoms with Crippen molar-refractivity contribution in [2.75, 3.05) is 23.3 Å². The van der Waals surface area contributed by atoms with Crippen molar-refractivity contribution in [2.45, 2.75) is 25.7 Å². The van der Waals surface area contributed by atoms with E-state index in [0.717, 1.165) is 30.2 Å². The minimum atomic E-state index is -0.000393. The van der Waals surface area contributed by atoms with Gasteiger partial charge in [-0.05, 0) is 43.0 Å². The number of carbonyl (C=O) groups excluding carboxylic acids is 1. The number of pyridine rings is 2. The van der Waals surface area contributed by atoms with Crippen LogP contribution in [0.2, 0.25) is 0 Å². The monoisotopic (exact) mass is 296 g/mol.